The van der Waals surface area contributed by atoms with E-state index in [1.807, 2.05) is 0 Å². The van der Waals surface area contributed by atoms with Crippen LogP contribution in [0.3, 0.4) is 0 Å². The second-order valence-corrected chi connectivity index (χ2v) is 21.8. The molecule has 0 fully saturated rings. The number of hydrogen-bond donors (Lipinski definition) is 0. The maximum Gasteiger partial charge on any atom is 0.0731 e. The van der Waals surface area contributed by atoms with Crippen LogP contribution in [0.15, 0.2) is 231 Å². The summed E-state index contributed by atoms with van der Waals surface area (Å²) in [5.41, 5.74) is 19.6. The van der Waals surface area contributed by atoms with Crippen LogP contribution in [0.25, 0.3) is 54.6 Å². The quantitative estimate of drug-likeness (QED) is 0.164. The van der Waals surface area contributed by atoms with Gasteiger partial charge < -0.3 is 9.80 Å². The zero-order chi connectivity index (χ0) is 48.2. The highest BCUT2D eigenvalue weighted by molar-refractivity contribution is 6.11. The van der Waals surface area contributed by atoms with Gasteiger partial charge in [-0.05, 0) is 184 Å². The van der Waals surface area contributed by atoms with E-state index in [9.17, 15) is 0 Å². The average molecular weight is 913 g/mol. The molecule has 342 valence electrons. The lowest BCUT2D eigenvalue weighted by Crippen LogP contribution is -2.26. The van der Waals surface area contributed by atoms with Crippen LogP contribution in [-0.4, -0.2) is 0 Å². The maximum absolute atomic E-state index is 2.54. The van der Waals surface area contributed by atoms with Crippen molar-refractivity contribution in [3.05, 3.63) is 264 Å². The Morgan fingerprint density at radius 3 is 1.44 bits per heavy atom. The van der Waals surface area contributed by atoms with Crippen molar-refractivity contribution < 1.29 is 0 Å². The number of fused-ring (bicyclic) bond motifs is 15. The Morgan fingerprint density at radius 1 is 0.296 bits per heavy atom. The highest BCUT2D eigenvalue weighted by Crippen LogP contribution is 2.65. The average Bonchev–Trinajstić information content (AvgIpc) is 3.86. The van der Waals surface area contributed by atoms with Crippen molar-refractivity contribution in [3.8, 4) is 22.3 Å². The van der Waals surface area contributed by atoms with Gasteiger partial charge in [0.05, 0.1) is 5.41 Å². The largest absolute Gasteiger partial charge is 0.310 e. The van der Waals surface area contributed by atoms with Gasteiger partial charge in [-0.1, -0.05) is 187 Å². The van der Waals surface area contributed by atoms with Crippen LogP contribution in [0.2, 0.25) is 0 Å². The summed E-state index contributed by atoms with van der Waals surface area (Å²) in [6, 6.07) is 86.9. The summed E-state index contributed by atoms with van der Waals surface area (Å²) in [7, 11) is 0. The fourth-order valence-electron chi connectivity index (χ4n) is 12.1. The van der Waals surface area contributed by atoms with Crippen molar-refractivity contribution in [2.75, 3.05) is 9.80 Å². The summed E-state index contributed by atoms with van der Waals surface area (Å²) in [5, 5.41) is 7.48. The van der Waals surface area contributed by atoms with Gasteiger partial charge in [0.25, 0.3) is 0 Å². The van der Waals surface area contributed by atoms with Crippen molar-refractivity contribution in [2.24, 2.45) is 0 Å². The van der Waals surface area contributed by atoms with E-state index in [1.54, 1.807) is 0 Å². The monoisotopic (exact) mass is 912 g/mol. The van der Waals surface area contributed by atoms with Gasteiger partial charge in [-0.3, -0.25) is 0 Å². The van der Waals surface area contributed by atoms with Gasteiger partial charge in [-0.25, -0.2) is 0 Å². The Hall–Kier alpha value is -8.20. The third-order valence-electron chi connectivity index (χ3n) is 15.5. The van der Waals surface area contributed by atoms with Crippen LogP contribution in [0, 0.1) is 0 Å². The minimum absolute atomic E-state index is 0.0613. The molecule has 0 bridgehead atoms. The molecule has 11 aromatic rings. The van der Waals surface area contributed by atoms with Crippen LogP contribution < -0.4 is 9.80 Å². The van der Waals surface area contributed by atoms with E-state index in [0.717, 1.165) is 34.1 Å². The Kier molecular flexibility index (Phi) is 9.61. The van der Waals surface area contributed by atoms with Gasteiger partial charge in [0.2, 0.25) is 0 Å². The number of hydrogen-bond acceptors (Lipinski definition) is 2. The molecule has 2 aliphatic rings. The molecule has 11 aromatic carbocycles. The number of anilines is 6. The van der Waals surface area contributed by atoms with E-state index < -0.39 is 5.41 Å². The molecule has 0 saturated carbocycles. The predicted octanol–water partition coefficient (Wildman–Crippen LogP) is 19.0. The van der Waals surface area contributed by atoms with Crippen molar-refractivity contribution >= 4 is 66.4 Å². The van der Waals surface area contributed by atoms with Crippen LogP contribution in [0.4, 0.5) is 34.1 Å². The second-order valence-electron chi connectivity index (χ2n) is 21.8. The Balaban J connectivity index is 1.05. The first kappa shape index (κ1) is 42.9. The molecular formula is C69H56N2. The minimum Gasteiger partial charge on any atom is -0.310 e. The zero-order valence-corrected chi connectivity index (χ0v) is 41.3. The third-order valence-corrected chi connectivity index (χ3v) is 15.5. The Bertz CT molecular complexity index is 3870. The molecule has 0 saturated heterocycles. The van der Waals surface area contributed by atoms with E-state index in [-0.39, 0.29) is 10.8 Å². The normalized spacial score (nSPS) is 14.7. The molecule has 13 rings (SSSR count). The number of para-hydroxylation sites is 2. The van der Waals surface area contributed by atoms with Crippen molar-refractivity contribution in [1.82, 2.24) is 0 Å². The topological polar surface area (TPSA) is 6.48 Å². The van der Waals surface area contributed by atoms with Gasteiger partial charge >= 0.3 is 0 Å². The Labute approximate surface area is 418 Å². The van der Waals surface area contributed by atoms with Gasteiger partial charge in [0.1, 0.15) is 0 Å². The number of nitrogens with zero attached hydrogens (tertiary/aromatic N) is 2. The molecule has 0 amide bonds. The first-order valence-corrected chi connectivity index (χ1v) is 25.2. The summed E-state index contributed by atoms with van der Waals surface area (Å²) in [6.07, 6.45) is 0. The van der Waals surface area contributed by atoms with E-state index in [0.29, 0.717) is 0 Å². The van der Waals surface area contributed by atoms with E-state index in [1.165, 1.54) is 88.0 Å². The van der Waals surface area contributed by atoms with E-state index >= 15 is 0 Å². The minimum atomic E-state index is -0.574. The molecule has 71 heavy (non-hydrogen) atoms. The molecule has 1 unspecified atom stereocenters. The van der Waals surface area contributed by atoms with Gasteiger partial charge in [-0.2, -0.15) is 0 Å². The molecule has 2 aliphatic carbocycles. The highest BCUT2D eigenvalue weighted by Gasteiger charge is 2.53. The summed E-state index contributed by atoms with van der Waals surface area (Å²) in [6.45, 7) is 13.7. The third kappa shape index (κ3) is 6.69. The second kappa shape index (κ2) is 15.9. The summed E-state index contributed by atoms with van der Waals surface area (Å²) in [4.78, 5) is 4.80. The molecule has 0 aliphatic heterocycles. The number of benzene rings is 11. The fourth-order valence-corrected chi connectivity index (χ4v) is 12.1. The SMILES string of the molecule is CC(C)(C)c1ccc(N(c2ccccc2)c2ccc3cc4c(cc3c2)C2(c3ccccc3-c3c2ccc2ccccc32)c2c-4ccc3cc(N(c4ccccc4)c4ccc(C(C)(C)C)cc4)ccc23)cc1. The maximum atomic E-state index is 2.54. The molecule has 1 spiro atoms. The fraction of sp³-hybridized carbons (Fsp3) is 0.130. The lowest BCUT2D eigenvalue weighted by atomic mass is 9.69. The van der Waals surface area contributed by atoms with Crippen molar-refractivity contribution in [2.45, 2.75) is 57.8 Å². The van der Waals surface area contributed by atoms with Crippen LogP contribution in [0.1, 0.15) is 74.9 Å². The van der Waals surface area contributed by atoms with Gasteiger partial charge in [-0.15, -0.1) is 0 Å². The first-order valence-electron chi connectivity index (χ1n) is 25.2. The summed E-state index contributed by atoms with van der Waals surface area (Å²) >= 11 is 0. The zero-order valence-electron chi connectivity index (χ0n) is 41.3. The van der Waals surface area contributed by atoms with Gasteiger partial charge in [0, 0.05) is 34.1 Å². The lowest BCUT2D eigenvalue weighted by Gasteiger charge is -2.32. The number of rotatable bonds is 6. The smallest absolute Gasteiger partial charge is 0.0731 e. The molecule has 0 radical (unpaired) electrons. The predicted molar refractivity (Wildman–Crippen MR) is 302 cm³/mol. The van der Waals surface area contributed by atoms with E-state index in [4.69, 9.17) is 0 Å². The van der Waals surface area contributed by atoms with Crippen molar-refractivity contribution in [1.29, 1.82) is 0 Å². The summed E-state index contributed by atoms with van der Waals surface area (Å²) in [5.74, 6) is 0. The lowest BCUT2D eigenvalue weighted by molar-refractivity contribution is 0.590. The molecule has 2 heteroatoms. The standard InChI is InChI=1S/C69H56N2/c1-67(2,3)49-28-33-53(34-29-49)70(51-18-9-7-10-19-51)55-32-25-46-43-61-59-38-26-47-41-56(71(52-20-11-8-12-21-52)54-35-30-50(31-36-54)68(4,5)6)37-39-58(47)66(59)69(64(61)44-48(46)42-55)62-24-16-15-23-60(62)65-57-22-14-13-17-45(57)27-40-63(65)69/h7-44H,1-6H3. The van der Waals surface area contributed by atoms with Crippen LogP contribution in [-0.2, 0) is 16.2 Å². The van der Waals surface area contributed by atoms with Crippen molar-refractivity contribution in [3.63, 3.8) is 0 Å². The molecule has 0 aromatic heterocycles. The van der Waals surface area contributed by atoms with Crippen LogP contribution >= 0.6 is 0 Å². The molecule has 2 nitrogen and oxygen atoms in total. The van der Waals surface area contributed by atoms with Crippen LogP contribution in [0.5, 0.6) is 0 Å². The molecule has 1 atom stereocenters. The summed E-state index contributed by atoms with van der Waals surface area (Å²) < 4.78 is 0. The Morgan fingerprint density at radius 2 is 0.803 bits per heavy atom. The highest BCUT2D eigenvalue weighted by atomic mass is 15.1. The first-order chi connectivity index (χ1) is 34.5. The molecule has 0 N–H and O–H groups in total. The van der Waals surface area contributed by atoms with Gasteiger partial charge in [0.15, 0.2) is 0 Å². The molecule has 0 heterocycles. The van der Waals surface area contributed by atoms with E-state index in [2.05, 4.69) is 282 Å². The molecular weight excluding hydrogens is 857 g/mol.